The van der Waals surface area contributed by atoms with Gasteiger partial charge in [0.15, 0.2) is 0 Å². The van der Waals surface area contributed by atoms with Gasteiger partial charge in [-0.05, 0) is 0 Å². The largest absolute Gasteiger partial charge is 0.417 e. The second-order valence-corrected chi connectivity index (χ2v) is 5.55. The summed E-state index contributed by atoms with van der Waals surface area (Å²) >= 11 is 0. The molecule has 1 heterocycles. The molecule has 1 N–H and O–H groups in total. The first kappa shape index (κ1) is 15.6. The molecule has 0 spiro atoms. The molecule has 0 atom stereocenters. The maximum absolute atomic E-state index is 12.7. The van der Waals surface area contributed by atoms with Gasteiger partial charge in [-0.2, -0.15) is 8.78 Å². The van der Waals surface area contributed by atoms with Crippen LogP contribution in [0.3, 0.4) is 0 Å². The number of ether oxygens (including phenoxy) is 1. The Kier molecular flexibility index (Phi) is 5.32. The number of hydrogen-bond donors (Lipinski definition) is 1. The summed E-state index contributed by atoms with van der Waals surface area (Å²) in [5, 5.41) is -5.07. The molecule has 0 aromatic carbocycles. The van der Waals surface area contributed by atoms with E-state index in [1.165, 1.54) is 4.72 Å². The van der Waals surface area contributed by atoms with Crippen LogP contribution in [0.1, 0.15) is 0 Å². The predicted molar refractivity (Wildman–Crippen MR) is 55.1 cm³/mol. The minimum Gasteiger partial charge on any atom is -0.379 e. The van der Waals surface area contributed by atoms with E-state index in [4.69, 9.17) is 4.74 Å². The van der Waals surface area contributed by atoms with Gasteiger partial charge in [0, 0.05) is 26.2 Å². The number of alkyl halides is 4. The van der Waals surface area contributed by atoms with Crippen LogP contribution in [0.2, 0.25) is 0 Å². The molecule has 5 nitrogen and oxygen atoms in total. The highest BCUT2D eigenvalue weighted by atomic mass is 32.2. The lowest BCUT2D eigenvalue weighted by Gasteiger charge is -2.26. The van der Waals surface area contributed by atoms with Crippen molar-refractivity contribution in [2.24, 2.45) is 0 Å². The van der Waals surface area contributed by atoms with Crippen LogP contribution in [-0.2, 0) is 14.8 Å². The number of nitrogens with zero attached hydrogens (tertiary/aromatic N) is 1. The van der Waals surface area contributed by atoms with Gasteiger partial charge in [0.1, 0.15) is 0 Å². The van der Waals surface area contributed by atoms with Crippen LogP contribution >= 0.6 is 0 Å². The van der Waals surface area contributed by atoms with Gasteiger partial charge in [0.2, 0.25) is 0 Å². The summed E-state index contributed by atoms with van der Waals surface area (Å²) in [6.45, 7) is 1.87. The molecule has 10 heteroatoms. The minimum atomic E-state index is -5.35. The van der Waals surface area contributed by atoms with E-state index >= 15 is 0 Å². The fourth-order valence-corrected chi connectivity index (χ4v) is 2.16. The van der Waals surface area contributed by atoms with Crippen LogP contribution < -0.4 is 4.72 Å². The first-order valence-electron chi connectivity index (χ1n) is 5.22. The summed E-state index contributed by atoms with van der Waals surface area (Å²) in [6.07, 6.45) is -4.25. The zero-order valence-electron chi connectivity index (χ0n) is 9.41. The highest BCUT2D eigenvalue weighted by Gasteiger charge is 2.53. The molecule has 0 bridgehead atoms. The van der Waals surface area contributed by atoms with Crippen LogP contribution in [0.4, 0.5) is 17.6 Å². The van der Waals surface area contributed by atoms with Crippen molar-refractivity contribution in [3.05, 3.63) is 0 Å². The van der Waals surface area contributed by atoms with E-state index in [1.807, 2.05) is 0 Å². The van der Waals surface area contributed by atoms with Crippen LogP contribution in [-0.4, -0.2) is 64.4 Å². The van der Waals surface area contributed by atoms with E-state index in [9.17, 15) is 26.0 Å². The standard InChI is InChI=1S/C8H14F4N2O3S/c9-7(10)8(11,12)18(15,16)13-1-2-14-3-5-17-6-4-14/h7,13H,1-6H2. The van der Waals surface area contributed by atoms with E-state index < -0.39 is 21.7 Å². The lowest BCUT2D eigenvalue weighted by atomic mass is 10.4. The lowest BCUT2D eigenvalue weighted by Crippen LogP contribution is -2.47. The van der Waals surface area contributed by atoms with E-state index in [0.717, 1.165) is 0 Å². The van der Waals surface area contributed by atoms with Gasteiger partial charge in [-0.15, -0.1) is 0 Å². The van der Waals surface area contributed by atoms with Crippen molar-refractivity contribution in [1.82, 2.24) is 9.62 Å². The maximum Gasteiger partial charge on any atom is 0.417 e. The zero-order valence-corrected chi connectivity index (χ0v) is 10.2. The Morgan fingerprint density at radius 3 is 2.33 bits per heavy atom. The van der Waals surface area contributed by atoms with Crippen molar-refractivity contribution in [2.45, 2.75) is 11.7 Å². The third-order valence-electron chi connectivity index (χ3n) is 2.44. The van der Waals surface area contributed by atoms with Gasteiger partial charge in [-0.3, -0.25) is 4.90 Å². The Labute approximate surface area is 102 Å². The SMILES string of the molecule is O=S(=O)(NCCN1CCOCC1)C(F)(F)C(F)F. The van der Waals surface area contributed by atoms with Crippen LogP contribution in [0.25, 0.3) is 0 Å². The second-order valence-electron chi connectivity index (χ2n) is 3.71. The Morgan fingerprint density at radius 1 is 1.28 bits per heavy atom. The number of morpholine rings is 1. The van der Waals surface area contributed by atoms with Gasteiger partial charge < -0.3 is 4.74 Å². The average molecular weight is 294 g/mol. The Hall–Kier alpha value is -0.450. The Balaban J connectivity index is 2.42. The van der Waals surface area contributed by atoms with Gasteiger partial charge in [0.05, 0.1) is 13.2 Å². The van der Waals surface area contributed by atoms with Crippen molar-refractivity contribution in [1.29, 1.82) is 0 Å². The van der Waals surface area contributed by atoms with Crippen LogP contribution in [0.5, 0.6) is 0 Å². The van der Waals surface area contributed by atoms with Crippen LogP contribution in [0, 0.1) is 0 Å². The number of nitrogens with one attached hydrogen (secondary N) is 1. The first-order chi connectivity index (χ1) is 8.27. The molecule has 0 saturated carbocycles. The molecule has 1 saturated heterocycles. The van der Waals surface area contributed by atoms with E-state index in [-0.39, 0.29) is 13.1 Å². The number of rotatable bonds is 6. The molecule has 0 radical (unpaired) electrons. The van der Waals surface area contributed by atoms with E-state index in [2.05, 4.69) is 0 Å². The Bertz CT molecular complexity index is 357. The highest BCUT2D eigenvalue weighted by Crippen LogP contribution is 2.28. The first-order valence-corrected chi connectivity index (χ1v) is 6.71. The predicted octanol–water partition coefficient (Wildman–Crippen LogP) is 0.0959. The van der Waals surface area contributed by atoms with Gasteiger partial charge >= 0.3 is 11.7 Å². The maximum atomic E-state index is 12.7. The van der Waals surface area contributed by atoms with E-state index in [1.54, 1.807) is 4.90 Å². The molecule has 108 valence electrons. The number of halogens is 4. The molecule has 1 aliphatic rings. The quantitative estimate of drug-likeness (QED) is 0.706. The molecule has 0 unspecified atom stereocenters. The summed E-state index contributed by atoms with van der Waals surface area (Å²) < 4.78 is 77.5. The summed E-state index contributed by atoms with van der Waals surface area (Å²) in [6, 6.07) is 0. The van der Waals surface area contributed by atoms with Crippen molar-refractivity contribution in [3.8, 4) is 0 Å². The molecular formula is C8H14F4N2O3S. The van der Waals surface area contributed by atoms with Crippen molar-refractivity contribution in [2.75, 3.05) is 39.4 Å². The smallest absolute Gasteiger partial charge is 0.379 e. The molecule has 0 aromatic rings. The molecule has 1 aliphatic heterocycles. The lowest BCUT2D eigenvalue weighted by molar-refractivity contribution is -0.0645. The highest BCUT2D eigenvalue weighted by molar-refractivity contribution is 7.90. The second kappa shape index (κ2) is 6.13. The molecule has 18 heavy (non-hydrogen) atoms. The molecule has 0 aromatic heterocycles. The normalized spacial score (nSPS) is 19.4. The fourth-order valence-electron chi connectivity index (χ4n) is 1.38. The third-order valence-corrected chi connectivity index (χ3v) is 3.92. The fraction of sp³-hybridized carbons (Fsp3) is 1.00. The monoisotopic (exact) mass is 294 g/mol. The minimum absolute atomic E-state index is 0.169. The molecule has 0 aliphatic carbocycles. The van der Waals surface area contributed by atoms with Crippen molar-refractivity contribution < 1.29 is 30.7 Å². The molecule has 0 amide bonds. The zero-order chi connectivity index (χ0) is 13.8. The van der Waals surface area contributed by atoms with Gasteiger partial charge in [-0.25, -0.2) is 21.9 Å². The molecule has 1 rings (SSSR count). The Morgan fingerprint density at radius 2 is 1.83 bits per heavy atom. The third kappa shape index (κ3) is 3.77. The number of hydrogen-bond acceptors (Lipinski definition) is 4. The summed E-state index contributed by atoms with van der Waals surface area (Å²) in [4.78, 5) is 1.78. The summed E-state index contributed by atoms with van der Waals surface area (Å²) in [5.41, 5.74) is 0. The van der Waals surface area contributed by atoms with Crippen molar-refractivity contribution >= 4 is 10.0 Å². The molecular weight excluding hydrogens is 280 g/mol. The summed E-state index contributed by atoms with van der Waals surface area (Å²) in [5.74, 6) is 0. The topological polar surface area (TPSA) is 58.6 Å². The van der Waals surface area contributed by atoms with E-state index in [0.29, 0.717) is 26.3 Å². The van der Waals surface area contributed by atoms with Gasteiger partial charge in [0.25, 0.3) is 10.0 Å². The summed E-state index contributed by atoms with van der Waals surface area (Å²) in [7, 11) is -5.35. The number of sulfonamides is 1. The molecule has 1 fully saturated rings. The average Bonchev–Trinajstić information content (AvgIpc) is 2.29. The van der Waals surface area contributed by atoms with Crippen molar-refractivity contribution in [3.63, 3.8) is 0 Å². The van der Waals surface area contributed by atoms with Crippen LogP contribution in [0.15, 0.2) is 0 Å². The van der Waals surface area contributed by atoms with Gasteiger partial charge in [-0.1, -0.05) is 0 Å².